The van der Waals surface area contributed by atoms with Crippen LogP contribution in [0.1, 0.15) is 6.92 Å². The van der Waals surface area contributed by atoms with Crippen molar-refractivity contribution < 1.29 is 8.78 Å². The number of hydrogen-bond acceptors (Lipinski definition) is 2. The first-order valence-corrected chi connectivity index (χ1v) is 4.70. The van der Waals surface area contributed by atoms with Gasteiger partial charge in [-0.2, -0.15) is 0 Å². The van der Waals surface area contributed by atoms with Gasteiger partial charge in [0, 0.05) is 18.0 Å². The van der Waals surface area contributed by atoms with Crippen LogP contribution >= 0.6 is 0 Å². The maximum Gasteiger partial charge on any atom is 0.152 e. The van der Waals surface area contributed by atoms with Gasteiger partial charge in [0.15, 0.2) is 5.82 Å². The Hall–Kier alpha value is -1.71. The van der Waals surface area contributed by atoms with Crippen molar-refractivity contribution in [1.29, 1.82) is 0 Å². The number of anilines is 1. The van der Waals surface area contributed by atoms with E-state index in [0.717, 1.165) is 6.07 Å². The number of benzene rings is 1. The Balaban J connectivity index is 2.60. The average molecular weight is 208 g/mol. The Bertz CT molecular complexity index is 497. The second kappa shape index (κ2) is 3.81. The van der Waals surface area contributed by atoms with Crippen LogP contribution in [0.25, 0.3) is 10.9 Å². The average Bonchev–Trinajstić information content (AvgIpc) is 2.19. The van der Waals surface area contributed by atoms with Gasteiger partial charge < -0.3 is 5.32 Å². The summed E-state index contributed by atoms with van der Waals surface area (Å²) in [5, 5.41) is 3.44. The van der Waals surface area contributed by atoms with E-state index in [2.05, 4.69) is 10.3 Å². The number of pyridine rings is 1. The number of hydrogen-bond donors (Lipinski definition) is 1. The maximum atomic E-state index is 13.3. The topological polar surface area (TPSA) is 24.9 Å². The van der Waals surface area contributed by atoms with Crippen LogP contribution < -0.4 is 5.32 Å². The summed E-state index contributed by atoms with van der Waals surface area (Å²) < 4.78 is 26.2. The Morgan fingerprint density at radius 1 is 1.27 bits per heavy atom. The SMILES string of the molecule is CCNc1ccc2cc(F)cc(F)c2n1. The summed E-state index contributed by atoms with van der Waals surface area (Å²) >= 11 is 0. The van der Waals surface area contributed by atoms with Crippen LogP contribution in [0.15, 0.2) is 24.3 Å². The highest BCUT2D eigenvalue weighted by Gasteiger charge is 2.05. The third kappa shape index (κ3) is 1.88. The second-order valence-electron chi connectivity index (χ2n) is 3.19. The lowest BCUT2D eigenvalue weighted by molar-refractivity contribution is 0.590. The van der Waals surface area contributed by atoms with Gasteiger partial charge in [-0.25, -0.2) is 13.8 Å². The summed E-state index contributed by atoms with van der Waals surface area (Å²) in [6, 6.07) is 5.45. The van der Waals surface area contributed by atoms with Gasteiger partial charge in [-0.3, -0.25) is 0 Å². The summed E-state index contributed by atoms with van der Waals surface area (Å²) in [7, 11) is 0. The van der Waals surface area contributed by atoms with Crippen LogP contribution in [-0.4, -0.2) is 11.5 Å². The van der Waals surface area contributed by atoms with Crippen LogP contribution in [-0.2, 0) is 0 Å². The Kier molecular flexibility index (Phi) is 2.49. The minimum Gasteiger partial charge on any atom is -0.370 e. The zero-order valence-electron chi connectivity index (χ0n) is 8.22. The fourth-order valence-electron chi connectivity index (χ4n) is 1.44. The van der Waals surface area contributed by atoms with Gasteiger partial charge in [-0.1, -0.05) is 0 Å². The van der Waals surface area contributed by atoms with Crippen molar-refractivity contribution in [3.63, 3.8) is 0 Å². The highest BCUT2D eigenvalue weighted by molar-refractivity contribution is 5.80. The van der Waals surface area contributed by atoms with E-state index in [1.54, 1.807) is 12.1 Å². The monoisotopic (exact) mass is 208 g/mol. The van der Waals surface area contributed by atoms with Gasteiger partial charge in [-0.15, -0.1) is 0 Å². The molecule has 0 aliphatic carbocycles. The molecule has 0 spiro atoms. The molecule has 1 aromatic heterocycles. The molecule has 0 fully saturated rings. The quantitative estimate of drug-likeness (QED) is 0.820. The van der Waals surface area contributed by atoms with E-state index in [1.165, 1.54) is 6.07 Å². The van der Waals surface area contributed by atoms with E-state index < -0.39 is 11.6 Å². The standard InChI is InChI=1S/C11H10F2N2/c1-2-14-10-4-3-7-5-8(12)6-9(13)11(7)15-10/h3-6H,2H2,1H3,(H,14,15). The van der Waals surface area contributed by atoms with Crippen molar-refractivity contribution in [1.82, 2.24) is 4.98 Å². The Morgan fingerprint density at radius 3 is 2.80 bits per heavy atom. The predicted molar refractivity (Wildman–Crippen MR) is 55.8 cm³/mol. The molecule has 15 heavy (non-hydrogen) atoms. The van der Waals surface area contributed by atoms with Crippen molar-refractivity contribution in [2.75, 3.05) is 11.9 Å². The number of rotatable bonds is 2. The fourth-order valence-corrected chi connectivity index (χ4v) is 1.44. The third-order valence-electron chi connectivity index (χ3n) is 2.07. The first-order valence-electron chi connectivity index (χ1n) is 4.70. The van der Waals surface area contributed by atoms with E-state index in [9.17, 15) is 8.78 Å². The first-order chi connectivity index (χ1) is 7.20. The van der Waals surface area contributed by atoms with Gasteiger partial charge in [-0.05, 0) is 25.1 Å². The van der Waals surface area contributed by atoms with E-state index >= 15 is 0 Å². The van der Waals surface area contributed by atoms with Crippen molar-refractivity contribution in [2.45, 2.75) is 6.92 Å². The molecule has 78 valence electrons. The first kappa shape index (κ1) is 9.83. The fraction of sp³-hybridized carbons (Fsp3) is 0.182. The maximum absolute atomic E-state index is 13.3. The van der Waals surface area contributed by atoms with E-state index in [-0.39, 0.29) is 5.52 Å². The molecule has 1 heterocycles. The molecule has 0 atom stereocenters. The van der Waals surface area contributed by atoms with Crippen LogP contribution in [0.3, 0.4) is 0 Å². The highest BCUT2D eigenvalue weighted by atomic mass is 19.1. The minimum atomic E-state index is -0.634. The molecule has 0 saturated heterocycles. The van der Waals surface area contributed by atoms with Gasteiger partial charge in [0.2, 0.25) is 0 Å². The number of nitrogens with zero attached hydrogens (tertiary/aromatic N) is 1. The number of nitrogens with one attached hydrogen (secondary N) is 1. The predicted octanol–water partition coefficient (Wildman–Crippen LogP) is 2.94. The highest BCUT2D eigenvalue weighted by Crippen LogP contribution is 2.19. The molecule has 1 N–H and O–H groups in total. The minimum absolute atomic E-state index is 0.190. The van der Waals surface area contributed by atoms with Crippen molar-refractivity contribution >= 4 is 16.7 Å². The lowest BCUT2D eigenvalue weighted by Crippen LogP contribution is -1.99. The Labute approximate surface area is 85.9 Å². The van der Waals surface area contributed by atoms with Crippen molar-refractivity contribution in [3.8, 4) is 0 Å². The van der Waals surface area contributed by atoms with Gasteiger partial charge in [0.05, 0.1) is 0 Å². The molecule has 0 radical (unpaired) electrons. The molecule has 1 aromatic carbocycles. The molecule has 0 saturated carbocycles. The molecule has 2 aromatic rings. The molecule has 0 aliphatic heterocycles. The lowest BCUT2D eigenvalue weighted by atomic mass is 10.2. The van der Waals surface area contributed by atoms with Gasteiger partial charge in [0.25, 0.3) is 0 Å². The molecule has 0 bridgehead atoms. The van der Waals surface area contributed by atoms with E-state index in [0.29, 0.717) is 17.7 Å². The largest absolute Gasteiger partial charge is 0.370 e. The Morgan fingerprint density at radius 2 is 2.07 bits per heavy atom. The molecule has 0 aliphatic rings. The second-order valence-corrected chi connectivity index (χ2v) is 3.19. The number of aromatic nitrogens is 1. The summed E-state index contributed by atoms with van der Waals surface area (Å²) in [6.07, 6.45) is 0. The molecular formula is C11H10F2N2. The van der Waals surface area contributed by atoms with Crippen LogP contribution in [0.2, 0.25) is 0 Å². The summed E-state index contributed by atoms with van der Waals surface area (Å²) in [4.78, 5) is 4.05. The summed E-state index contributed by atoms with van der Waals surface area (Å²) in [5.74, 6) is -0.627. The normalized spacial score (nSPS) is 10.6. The van der Waals surface area contributed by atoms with Crippen LogP contribution in [0.5, 0.6) is 0 Å². The summed E-state index contributed by atoms with van der Waals surface area (Å²) in [5.41, 5.74) is 0.190. The van der Waals surface area contributed by atoms with Crippen LogP contribution in [0, 0.1) is 11.6 Å². The zero-order chi connectivity index (χ0) is 10.8. The summed E-state index contributed by atoms with van der Waals surface area (Å²) in [6.45, 7) is 2.63. The lowest BCUT2D eigenvalue weighted by Gasteiger charge is -2.04. The molecular weight excluding hydrogens is 198 g/mol. The van der Waals surface area contributed by atoms with Gasteiger partial charge >= 0.3 is 0 Å². The van der Waals surface area contributed by atoms with Crippen molar-refractivity contribution in [3.05, 3.63) is 35.9 Å². The molecule has 0 unspecified atom stereocenters. The smallest absolute Gasteiger partial charge is 0.152 e. The molecule has 2 rings (SSSR count). The van der Waals surface area contributed by atoms with Crippen molar-refractivity contribution in [2.24, 2.45) is 0 Å². The number of fused-ring (bicyclic) bond motifs is 1. The van der Waals surface area contributed by atoms with Gasteiger partial charge in [0.1, 0.15) is 17.2 Å². The molecule has 0 amide bonds. The number of halogens is 2. The molecule has 2 nitrogen and oxygen atoms in total. The van der Waals surface area contributed by atoms with Crippen LogP contribution in [0.4, 0.5) is 14.6 Å². The zero-order valence-corrected chi connectivity index (χ0v) is 8.22. The third-order valence-corrected chi connectivity index (χ3v) is 2.07. The van der Waals surface area contributed by atoms with E-state index in [4.69, 9.17) is 0 Å². The molecule has 4 heteroatoms. The van der Waals surface area contributed by atoms with E-state index in [1.807, 2.05) is 6.92 Å².